The standard InChI is InChI=1S/C13H17N3O3S/c1-2-16-8-13(7-14-16)15-20(18,19)10-12-5-3-11(9-17)4-6-12/h3-8,15,17H,2,9-10H2,1H3. The van der Waals surface area contributed by atoms with Gasteiger partial charge in [-0.2, -0.15) is 5.10 Å². The van der Waals surface area contributed by atoms with Gasteiger partial charge in [-0.3, -0.25) is 9.40 Å². The Morgan fingerprint density at radius 3 is 2.45 bits per heavy atom. The minimum absolute atomic E-state index is 0.0541. The second-order valence-electron chi connectivity index (χ2n) is 4.42. The van der Waals surface area contributed by atoms with Crippen LogP contribution < -0.4 is 4.72 Å². The van der Waals surface area contributed by atoms with Crippen LogP contribution in [0.3, 0.4) is 0 Å². The quantitative estimate of drug-likeness (QED) is 0.842. The minimum atomic E-state index is -3.47. The number of sulfonamides is 1. The lowest BCUT2D eigenvalue weighted by Gasteiger charge is -2.06. The summed E-state index contributed by atoms with van der Waals surface area (Å²) in [6.45, 7) is 2.56. The summed E-state index contributed by atoms with van der Waals surface area (Å²) in [4.78, 5) is 0. The lowest BCUT2D eigenvalue weighted by atomic mass is 10.2. The van der Waals surface area contributed by atoms with Crippen molar-refractivity contribution >= 4 is 15.7 Å². The van der Waals surface area contributed by atoms with Crippen molar-refractivity contribution < 1.29 is 13.5 Å². The van der Waals surface area contributed by atoms with E-state index in [0.717, 1.165) is 5.56 Å². The zero-order valence-corrected chi connectivity index (χ0v) is 12.0. The third-order valence-electron chi connectivity index (χ3n) is 2.79. The van der Waals surface area contributed by atoms with Crippen LogP contribution in [0.5, 0.6) is 0 Å². The largest absolute Gasteiger partial charge is 0.392 e. The van der Waals surface area contributed by atoms with E-state index in [-0.39, 0.29) is 12.4 Å². The number of nitrogens with zero attached hydrogens (tertiary/aromatic N) is 2. The van der Waals surface area contributed by atoms with Gasteiger partial charge in [0.2, 0.25) is 10.0 Å². The van der Waals surface area contributed by atoms with E-state index in [1.165, 1.54) is 6.20 Å². The highest BCUT2D eigenvalue weighted by atomic mass is 32.2. The van der Waals surface area contributed by atoms with Gasteiger partial charge >= 0.3 is 0 Å². The van der Waals surface area contributed by atoms with Gasteiger partial charge < -0.3 is 5.11 Å². The molecule has 0 unspecified atom stereocenters. The molecule has 2 rings (SSSR count). The summed E-state index contributed by atoms with van der Waals surface area (Å²) in [6.07, 6.45) is 3.13. The first-order chi connectivity index (χ1) is 9.52. The molecule has 108 valence electrons. The van der Waals surface area contributed by atoms with Crippen LogP contribution >= 0.6 is 0 Å². The van der Waals surface area contributed by atoms with Crippen LogP contribution in [0.4, 0.5) is 5.69 Å². The number of anilines is 1. The summed E-state index contributed by atoms with van der Waals surface area (Å²) >= 11 is 0. The van der Waals surface area contributed by atoms with Crippen molar-refractivity contribution in [3.8, 4) is 0 Å². The summed E-state index contributed by atoms with van der Waals surface area (Å²) in [5.41, 5.74) is 1.87. The van der Waals surface area contributed by atoms with E-state index in [2.05, 4.69) is 9.82 Å². The maximum absolute atomic E-state index is 12.0. The van der Waals surface area contributed by atoms with Crippen molar-refractivity contribution in [2.75, 3.05) is 4.72 Å². The molecule has 2 aromatic rings. The molecular weight excluding hydrogens is 278 g/mol. The first-order valence-corrected chi connectivity index (χ1v) is 7.89. The van der Waals surface area contributed by atoms with E-state index in [9.17, 15) is 8.42 Å². The summed E-state index contributed by atoms with van der Waals surface area (Å²) in [5, 5.41) is 13.0. The Hall–Kier alpha value is -1.86. The molecule has 0 spiro atoms. The van der Waals surface area contributed by atoms with E-state index in [1.54, 1.807) is 35.1 Å². The zero-order valence-electron chi connectivity index (χ0n) is 11.2. The molecule has 0 fully saturated rings. The van der Waals surface area contributed by atoms with Crippen molar-refractivity contribution in [3.05, 3.63) is 47.8 Å². The molecule has 1 heterocycles. The molecule has 0 aliphatic rings. The molecule has 0 aliphatic carbocycles. The lowest BCUT2D eigenvalue weighted by molar-refractivity contribution is 0.282. The van der Waals surface area contributed by atoms with Gasteiger partial charge in [0.1, 0.15) is 0 Å². The molecule has 0 saturated heterocycles. The zero-order chi connectivity index (χ0) is 14.6. The number of hydrogen-bond acceptors (Lipinski definition) is 4. The Balaban J connectivity index is 2.06. The molecular formula is C13H17N3O3S. The summed E-state index contributed by atoms with van der Waals surface area (Å²) in [5.74, 6) is -0.115. The molecule has 2 N–H and O–H groups in total. The molecule has 0 atom stereocenters. The normalized spacial score (nSPS) is 11.5. The van der Waals surface area contributed by atoms with Crippen LogP contribution in [0.25, 0.3) is 0 Å². The van der Waals surface area contributed by atoms with Crippen molar-refractivity contribution in [1.82, 2.24) is 9.78 Å². The third kappa shape index (κ3) is 3.82. The maximum Gasteiger partial charge on any atom is 0.237 e. The highest BCUT2D eigenvalue weighted by Crippen LogP contribution is 2.13. The molecule has 20 heavy (non-hydrogen) atoms. The molecule has 1 aromatic carbocycles. The number of rotatable bonds is 6. The van der Waals surface area contributed by atoms with E-state index in [1.807, 2.05) is 6.92 Å². The maximum atomic E-state index is 12.0. The van der Waals surface area contributed by atoms with E-state index < -0.39 is 10.0 Å². The van der Waals surface area contributed by atoms with Crippen LogP contribution in [0.2, 0.25) is 0 Å². The van der Waals surface area contributed by atoms with Gasteiger partial charge in [0.05, 0.1) is 24.2 Å². The molecule has 1 aromatic heterocycles. The fourth-order valence-corrected chi connectivity index (χ4v) is 2.93. The van der Waals surface area contributed by atoms with Crippen LogP contribution in [0.15, 0.2) is 36.7 Å². The van der Waals surface area contributed by atoms with Gasteiger partial charge in [-0.15, -0.1) is 0 Å². The number of aryl methyl sites for hydroxylation is 1. The van der Waals surface area contributed by atoms with Crippen molar-refractivity contribution in [3.63, 3.8) is 0 Å². The number of nitrogens with one attached hydrogen (secondary N) is 1. The second kappa shape index (κ2) is 6.06. The second-order valence-corrected chi connectivity index (χ2v) is 6.14. The van der Waals surface area contributed by atoms with Gasteiger partial charge in [0, 0.05) is 12.7 Å². The SMILES string of the molecule is CCn1cc(NS(=O)(=O)Cc2ccc(CO)cc2)cn1. The lowest BCUT2D eigenvalue weighted by Crippen LogP contribution is -2.14. The molecule has 0 radical (unpaired) electrons. The third-order valence-corrected chi connectivity index (χ3v) is 4.05. The number of aliphatic hydroxyl groups is 1. The Morgan fingerprint density at radius 1 is 1.25 bits per heavy atom. The topological polar surface area (TPSA) is 84.2 Å². The minimum Gasteiger partial charge on any atom is -0.392 e. The van der Waals surface area contributed by atoms with Gasteiger partial charge in [0.15, 0.2) is 0 Å². The fraction of sp³-hybridized carbons (Fsp3) is 0.308. The smallest absolute Gasteiger partial charge is 0.237 e. The van der Waals surface area contributed by atoms with Gasteiger partial charge in [-0.05, 0) is 18.1 Å². The Bertz CT molecular complexity index is 662. The Labute approximate surface area is 118 Å². The van der Waals surface area contributed by atoms with Crippen LogP contribution in [0, 0.1) is 0 Å². The monoisotopic (exact) mass is 295 g/mol. The average molecular weight is 295 g/mol. The molecule has 6 nitrogen and oxygen atoms in total. The molecule has 7 heteroatoms. The molecule has 0 aliphatic heterocycles. The Kier molecular flexibility index (Phi) is 4.41. The van der Waals surface area contributed by atoms with Crippen LogP contribution in [-0.2, 0) is 28.9 Å². The molecule has 0 amide bonds. The van der Waals surface area contributed by atoms with Crippen molar-refractivity contribution in [2.45, 2.75) is 25.8 Å². The highest BCUT2D eigenvalue weighted by Gasteiger charge is 2.12. The summed E-state index contributed by atoms with van der Waals surface area (Å²) < 4.78 is 28.2. The number of aliphatic hydroxyl groups excluding tert-OH is 1. The Morgan fingerprint density at radius 2 is 1.90 bits per heavy atom. The first kappa shape index (κ1) is 14.5. The average Bonchev–Trinajstić information content (AvgIpc) is 2.86. The van der Waals surface area contributed by atoms with Gasteiger partial charge in [0.25, 0.3) is 0 Å². The predicted molar refractivity (Wildman–Crippen MR) is 76.5 cm³/mol. The van der Waals surface area contributed by atoms with E-state index in [0.29, 0.717) is 17.8 Å². The number of aromatic nitrogens is 2. The number of hydrogen-bond donors (Lipinski definition) is 2. The van der Waals surface area contributed by atoms with Crippen LogP contribution in [-0.4, -0.2) is 23.3 Å². The first-order valence-electron chi connectivity index (χ1n) is 6.24. The molecule has 0 bridgehead atoms. The summed E-state index contributed by atoms with van der Waals surface area (Å²) in [7, 11) is -3.47. The van der Waals surface area contributed by atoms with Crippen molar-refractivity contribution in [2.24, 2.45) is 0 Å². The van der Waals surface area contributed by atoms with Gasteiger partial charge in [-0.25, -0.2) is 8.42 Å². The highest BCUT2D eigenvalue weighted by molar-refractivity contribution is 7.91. The fourth-order valence-electron chi connectivity index (χ4n) is 1.77. The van der Waals surface area contributed by atoms with Crippen molar-refractivity contribution in [1.29, 1.82) is 0 Å². The van der Waals surface area contributed by atoms with Gasteiger partial charge in [-0.1, -0.05) is 24.3 Å². The number of benzene rings is 1. The van der Waals surface area contributed by atoms with E-state index in [4.69, 9.17) is 5.11 Å². The molecule has 0 saturated carbocycles. The predicted octanol–water partition coefficient (Wildman–Crippen LogP) is 1.34. The van der Waals surface area contributed by atoms with Crippen LogP contribution in [0.1, 0.15) is 18.1 Å². The summed E-state index contributed by atoms with van der Waals surface area (Å²) in [6, 6.07) is 6.81. The van der Waals surface area contributed by atoms with E-state index >= 15 is 0 Å².